The van der Waals surface area contributed by atoms with Crippen LogP contribution in [0.5, 0.6) is 5.75 Å². The Kier molecular flexibility index (Phi) is 6.57. The van der Waals surface area contributed by atoms with Gasteiger partial charge in [0.1, 0.15) is 23.7 Å². The molecule has 3 N–H and O–H groups in total. The van der Waals surface area contributed by atoms with E-state index in [1.165, 1.54) is 18.5 Å². The number of fused-ring (bicyclic) bond motifs is 1. The summed E-state index contributed by atoms with van der Waals surface area (Å²) in [5.41, 5.74) is 9.00. The van der Waals surface area contributed by atoms with Crippen molar-refractivity contribution in [2.45, 2.75) is 38.7 Å². The van der Waals surface area contributed by atoms with Gasteiger partial charge in [-0.1, -0.05) is 0 Å². The van der Waals surface area contributed by atoms with E-state index < -0.39 is 0 Å². The fourth-order valence-electron chi connectivity index (χ4n) is 3.52. The number of ether oxygens (including phenoxy) is 1. The Morgan fingerprint density at radius 3 is 2.64 bits per heavy atom. The van der Waals surface area contributed by atoms with Crippen molar-refractivity contribution in [1.82, 2.24) is 9.97 Å². The molecule has 0 spiro atoms. The number of halogens is 1. The molecule has 1 aliphatic rings. The third-order valence-corrected chi connectivity index (χ3v) is 4.75. The second-order valence-corrected chi connectivity index (χ2v) is 6.74. The summed E-state index contributed by atoms with van der Waals surface area (Å²) in [5.74, 6) is 0.840. The monoisotopic (exact) mass is 400 g/mol. The van der Waals surface area contributed by atoms with Crippen molar-refractivity contribution in [3.63, 3.8) is 0 Å². The quantitative estimate of drug-likeness (QED) is 0.411. The van der Waals surface area contributed by atoms with Crippen LogP contribution in [-0.4, -0.2) is 22.3 Å². The summed E-state index contributed by atoms with van der Waals surface area (Å²) < 4.78 is 19.8. The van der Waals surface area contributed by atoms with Gasteiger partial charge in [0.25, 0.3) is 0 Å². The minimum absolute atomic E-state index is 0.140. The Bertz CT molecular complexity index is 961. The zero-order valence-corrected chi connectivity index (χ0v) is 17.0. The van der Waals surface area contributed by atoms with E-state index in [4.69, 9.17) is 10.5 Å². The highest BCUT2D eigenvalue weighted by molar-refractivity contribution is 7.79. The average molecular weight is 401 g/mol. The maximum Gasteiger partial charge on any atom is 0.146 e. The number of nitrogens with one attached hydrogen (secondary N) is 1. The smallest absolute Gasteiger partial charge is 0.146 e. The molecule has 0 unspecified atom stereocenters. The first-order chi connectivity index (χ1) is 13.6. The van der Waals surface area contributed by atoms with Gasteiger partial charge >= 0.3 is 0 Å². The lowest BCUT2D eigenvalue weighted by Gasteiger charge is -2.18. The molecule has 1 aromatic heterocycles. The molecule has 5 nitrogen and oxygen atoms in total. The van der Waals surface area contributed by atoms with Crippen LogP contribution in [0, 0.1) is 12.7 Å². The van der Waals surface area contributed by atoms with E-state index >= 15 is 0 Å². The van der Waals surface area contributed by atoms with Crippen LogP contribution >= 0.6 is 12.6 Å². The molecule has 4 rings (SSSR count). The van der Waals surface area contributed by atoms with Gasteiger partial charge in [-0.2, -0.15) is 12.6 Å². The topological polar surface area (TPSA) is 73.1 Å². The number of hydrogen-bond donors (Lipinski definition) is 3. The lowest BCUT2D eigenvalue weighted by Crippen LogP contribution is -2.12. The Morgan fingerprint density at radius 1 is 1.14 bits per heavy atom. The van der Waals surface area contributed by atoms with Gasteiger partial charge in [-0.15, -0.1) is 0 Å². The van der Waals surface area contributed by atoms with E-state index in [2.05, 4.69) is 27.9 Å². The van der Waals surface area contributed by atoms with E-state index in [1.54, 1.807) is 12.3 Å². The summed E-state index contributed by atoms with van der Waals surface area (Å²) in [6, 6.07) is 8.22. The van der Waals surface area contributed by atoms with Crippen molar-refractivity contribution < 1.29 is 9.13 Å². The second kappa shape index (κ2) is 9.10. The standard InChI is InChI=1S/C20H21FN4O.CH4S/c1-12-8-14(22)10-17-19(12)20(24-11-23-17)25-16-7-6-13(21)9-18(16)26-15-4-2-3-5-15;1-2/h6-11,15H,2-5,22H2,1H3,(H,23,24,25);2H,1H3. The van der Waals surface area contributed by atoms with Crippen molar-refractivity contribution in [3.05, 3.63) is 48.0 Å². The number of thiol groups is 1. The van der Waals surface area contributed by atoms with Gasteiger partial charge in [0.15, 0.2) is 0 Å². The van der Waals surface area contributed by atoms with Gasteiger partial charge in [0, 0.05) is 17.1 Å². The molecule has 1 aliphatic carbocycles. The first-order valence-corrected chi connectivity index (χ1v) is 10.2. The molecular formula is C21H25FN4OS. The molecule has 0 saturated heterocycles. The summed E-state index contributed by atoms with van der Waals surface area (Å²) in [4.78, 5) is 8.68. The summed E-state index contributed by atoms with van der Waals surface area (Å²) >= 11 is 3.53. The predicted molar refractivity (Wildman–Crippen MR) is 116 cm³/mol. The third kappa shape index (κ3) is 4.47. The van der Waals surface area contributed by atoms with Crippen molar-refractivity contribution in [2.75, 3.05) is 17.3 Å². The van der Waals surface area contributed by atoms with Crippen molar-refractivity contribution in [1.29, 1.82) is 0 Å². The molecule has 1 heterocycles. The fraction of sp³-hybridized carbons (Fsp3) is 0.333. The predicted octanol–water partition coefficient (Wildman–Crippen LogP) is 5.27. The van der Waals surface area contributed by atoms with E-state index in [0.29, 0.717) is 22.9 Å². The fourth-order valence-corrected chi connectivity index (χ4v) is 3.52. The molecule has 148 valence electrons. The minimum Gasteiger partial charge on any atom is -0.488 e. The van der Waals surface area contributed by atoms with Gasteiger partial charge in [-0.25, -0.2) is 14.4 Å². The van der Waals surface area contributed by atoms with Crippen LogP contribution < -0.4 is 15.8 Å². The number of anilines is 3. The maximum atomic E-state index is 13.8. The first kappa shape index (κ1) is 20.2. The Hall–Kier alpha value is -2.54. The third-order valence-electron chi connectivity index (χ3n) is 4.75. The first-order valence-electron chi connectivity index (χ1n) is 9.29. The lowest BCUT2D eigenvalue weighted by atomic mass is 10.1. The van der Waals surface area contributed by atoms with Crippen LogP contribution in [0.2, 0.25) is 0 Å². The van der Waals surface area contributed by atoms with Crippen molar-refractivity contribution in [2.24, 2.45) is 0 Å². The van der Waals surface area contributed by atoms with Gasteiger partial charge < -0.3 is 15.8 Å². The summed E-state index contributed by atoms with van der Waals surface area (Å²) in [7, 11) is 0. The average Bonchev–Trinajstić information content (AvgIpc) is 3.18. The highest BCUT2D eigenvalue weighted by Gasteiger charge is 2.19. The number of hydrogen-bond acceptors (Lipinski definition) is 6. The van der Waals surface area contributed by atoms with Gasteiger partial charge in [0.05, 0.1) is 17.3 Å². The van der Waals surface area contributed by atoms with Crippen LogP contribution in [0.25, 0.3) is 10.9 Å². The van der Waals surface area contributed by atoms with Crippen LogP contribution in [0.3, 0.4) is 0 Å². The minimum atomic E-state index is -0.319. The molecule has 0 amide bonds. The number of nitrogen functional groups attached to an aromatic ring is 1. The normalized spacial score (nSPS) is 13.9. The zero-order valence-electron chi connectivity index (χ0n) is 16.1. The molecule has 2 aromatic carbocycles. The summed E-state index contributed by atoms with van der Waals surface area (Å²) in [6.45, 7) is 1.97. The number of benzene rings is 2. The number of aromatic nitrogens is 2. The molecular weight excluding hydrogens is 375 g/mol. The molecule has 7 heteroatoms. The number of rotatable bonds is 4. The van der Waals surface area contributed by atoms with E-state index in [0.717, 1.165) is 42.1 Å². The summed E-state index contributed by atoms with van der Waals surface area (Å²) in [6.07, 6.45) is 7.64. The highest BCUT2D eigenvalue weighted by Crippen LogP contribution is 2.34. The summed E-state index contributed by atoms with van der Waals surface area (Å²) in [5, 5.41) is 4.18. The molecule has 0 bridgehead atoms. The largest absolute Gasteiger partial charge is 0.488 e. The highest BCUT2D eigenvalue weighted by atomic mass is 32.1. The zero-order chi connectivity index (χ0) is 20.1. The maximum absolute atomic E-state index is 13.8. The second-order valence-electron chi connectivity index (χ2n) is 6.74. The molecule has 0 radical (unpaired) electrons. The Labute approximate surface area is 169 Å². The number of aryl methyl sites for hydroxylation is 1. The van der Waals surface area contributed by atoms with Crippen molar-refractivity contribution in [3.8, 4) is 5.75 Å². The van der Waals surface area contributed by atoms with E-state index in [1.807, 2.05) is 19.1 Å². The van der Waals surface area contributed by atoms with Gasteiger partial charge in [-0.05, 0) is 68.7 Å². The number of nitrogens with zero attached hydrogens (tertiary/aromatic N) is 2. The SMILES string of the molecule is CS.Cc1cc(N)cc2ncnc(Nc3ccc(F)cc3OC3CCCC3)c12. The molecule has 0 atom stereocenters. The lowest BCUT2D eigenvalue weighted by molar-refractivity contribution is 0.210. The van der Waals surface area contributed by atoms with Crippen molar-refractivity contribution >= 4 is 40.7 Å². The molecule has 0 aliphatic heterocycles. The molecule has 3 aromatic rings. The van der Waals surface area contributed by atoms with Crippen LogP contribution in [0.15, 0.2) is 36.7 Å². The molecule has 1 fully saturated rings. The van der Waals surface area contributed by atoms with Gasteiger partial charge in [-0.3, -0.25) is 0 Å². The van der Waals surface area contributed by atoms with E-state index in [-0.39, 0.29) is 11.9 Å². The Morgan fingerprint density at radius 2 is 1.89 bits per heavy atom. The molecule has 1 saturated carbocycles. The van der Waals surface area contributed by atoms with E-state index in [9.17, 15) is 4.39 Å². The Balaban J connectivity index is 0.00000109. The van der Waals surface area contributed by atoms with Crippen LogP contribution in [0.4, 0.5) is 21.6 Å². The molecule has 28 heavy (non-hydrogen) atoms. The van der Waals surface area contributed by atoms with Gasteiger partial charge in [0.2, 0.25) is 0 Å². The van der Waals surface area contributed by atoms with Crippen LogP contribution in [0.1, 0.15) is 31.2 Å². The van der Waals surface area contributed by atoms with Crippen LogP contribution in [-0.2, 0) is 0 Å². The number of nitrogens with two attached hydrogens (primary N) is 1.